The van der Waals surface area contributed by atoms with Gasteiger partial charge in [-0.05, 0) is 74.1 Å². The summed E-state index contributed by atoms with van der Waals surface area (Å²) >= 11 is 0. The van der Waals surface area contributed by atoms with Gasteiger partial charge in [-0.2, -0.15) is 0 Å². The highest BCUT2D eigenvalue weighted by molar-refractivity contribution is 5.86. The van der Waals surface area contributed by atoms with Crippen LogP contribution in [0.2, 0.25) is 0 Å². The van der Waals surface area contributed by atoms with Crippen LogP contribution in [0.1, 0.15) is 71.3 Å². The molecule has 9 nitrogen and oxygen atoms in total. The summed E-state index contributed by atoms with van der Waals surface area (Å²) in [4.78, 5) is 19.4. The van der Waals surface area contributed by atoms with Gasteiger partial charge in [-0.1, -0.05) is 26.8 Å². The molecular formula is C32H45N7O2. The number of nitrogens with zero attached hydrogens (tertiary/aromatic N) is 5. The Balaban J connectivity index is 1.05. The monoisotopic (exact) mass is 559 g/mol. The number of nitrogens with two attached hydrogens (primary N) is 1. The van der Waals surface area contributed by atoms with Crippen LogP contribution in [-0.2, 0) is 11.8 Å². The number of imidazole rings is 1. The fourth-order valence-corrected chi connectivity index (χ4v) is 7.03. The van der Waals surface area contributed by atoms with Gasteiger partial charge in [0, 0.05) is 37.7 Å². The standard InChI is InChI=1S/C32H45N7O2/c1-18(2)38(16-21-13-26(29(41)28(21)40)39-9-8-23-30(33)34-17-35-31(23)39)15-20-10-19(11-20)12-27-36-24-7-6-22(32(3,4)5)14-25(24)37-27/h6-9,14,17-21,26,28-29,40-41H,10-13,15-16H2,1-5H3,(H,36,37)(H2,33,34,35)/t19?,20?,21?,26-,28-,29+/m1/s1. The number of rotatable bonds is 8. The number of aromatic nitrogens is 5. The Morgan fingerprint density at radius 3 is 2.56 bits per heavy atom. The molecule has 2 saturated carbocycles. The maximum Gasteiger partial charge on any atom is 0.145 e. The first-order valence-electron chi connectivity index (χ1n) is 15.1. The van der Waals surface area contributed by atoms with Crippen LogP contribution in [0.15, 0.2) is 36.8 Å². The molecule has 3 aromatic heterocycles. The minimum atomic E-state index is -0.850. The molecule has 220 valence electrons. The minimum Gasteiger partial charge on any atom is -0.390 e. The van der Waals surface area contributed by atoms with E-state index in [0.29, 0.717) is 35.8 Å². The average molecular weight is 560 g/mol. The average Bonchev–Trinajstić information content (AvgIpc) is 3.58. The lowest BCUT2D eigenvalue weighted by Gasteiger charge is -2.40. The number of hydrogen-bond acceptors (Lipinski definition) is 7. The second kappa shape index (κ2) is 10.7. The molecule has 4 aromatic rings. The van der Waals surface area contributed by atoms with Gasteiger partial charge in [0.05, 0.1) is 28.6 Å². The zero-order chi connectivity index (χ0) is 29.1. The van der Waals surface area contributed by atoms with Crippen LogP contribution in [-0.4, -0.2) is 71.0 Å². The van der Waals surface area contributed by atoms with Gasteiger partial charge >= 0.3 is 0 Å². The van der Waals surface area contributed by atoms with E-state index >= 15 is 0 Å². The van der Waals surface area contributed by atoms with Crippen LogP contribution in [0.5, 0.6) is 0 Å². The predicted octanol–water partition coefficient (Wildman–Crippen LogP) is 4.45. The lowest BCUT2D eigenvalue weighted by Crippen LogP contribution is -2.44. The van der Waals surface area contributed by atoms with Crippen molar-refractivity contribution < 1.29 is 10.2 Å². The highest BCUT2D eigenvalue weighted by atomic mass is 16.3. The molecule has 5 N–H and O–H groups in total. The maximum atomic E-state index is 11.1. The van der Waals surface area contributed by atoms with E-state index in [9.17, 15) is 10.2 Å². The van der Waals surface area contributed by atoms with Crippen molar-refractivity contribution in [3.05, 3.63) is 48.2 Å². The number of aromatic amines is 1. The predicted molar refractivity (Wildman–Crippen MR) is 163 cm³/mol. The van der Waals surface area contributed by atoms with Crippen LogP contribution < -0.4 is 5.73 Å². The molecule has 2 aliphatic carbocycles. The zero-order valence-electron chi connectivity index (χ0n) is 25.0. The Morgan fingerprint density at radius 2 is 1.83 bits per heavy atom. The van der Waals surface area contributed by atoms with Crippen LogP contribution in [0.25, 0.3) is 22.1 Å². The molecule has 0 bridgehead atoms. The molecule has 0 radical (unpaired) electrons. The van der Waals surface area contributed by atoms with Crippen molar-refractivity contribution in [3.63, 3.8) is 0 Å². The van der Waals surface area contributed by atoms with Gasteiger partial charge < -0.3 is 30.4 Å². The van der Waals surface area contributed by atoms with E-state index in [1.165, 1.54) is 24.7 Å². The third kappa shape index (κ3) is 5.47. The molecule has 2 aliphatic rings. The number of anilines is 1. The van der Waals surface area contributed by atoms with Crippen LogP contribution in [0, 0.1) is 17.8 Å². The highest BCUT2D eigenvalue weighted by Crippen LogP contribution is 2.40. The van der Waals surface area contributed by atoms with Crippen molar-refractivity contribution in [2.75, 3.05) is 18.8 Å². The normalized spacial score (nSPS) is 27.0. The van der Waals surface area contributed by atoms with Crippen molar-refractivity contribution in [2.24, 2.45) is 17.8 Å². The van der Waals surface area contributed by atoms with Gasteiger partial charge in [0.25, 0.3) is 0 Å². The first-order valence-corrected chi connectivity index (χ1v) is 15.1. The Kier molecular flexibility index (Phi) is 7.32. The van der Waals surface area contributed by atoms with E-state index in [-0.39, 0.29) is 17.4 Å². The molecule has 0 saturated heterocycles. The quantitative estimate of drug-likeness (QED) is 0.251. The number of nitrogens with one attached hydrogen (secondary N) is 1. The summed E-state index contributed by atoms with van der Waals surface area (Å²) in [7, 11) is 0. The molecule has 0 amide bonds. The molecule has 9 heteroatoms. The zero-order valence-corrected chi connectivity index (χ0v) is 25.0. The molecule has 0 spiro atoms. The van der Waals surface area contributed by atoms with Crippen molar-refractivity contribution in [1.29, 1.82) is 0 Å². The molecule has 6 rings (SSSR count). The SMILES string of the molecule is CC(C)N(CC1CC(Cc2nc3ccc(C(C)(C)C)cc3[nH]2)C1)CC1C[C@@H](n2ccc3c(N)ncnc32)[C@H](O)[C@@H]1O. The highest BCUT2D eigenvalue weighted by Gasteiger charge is 2.44. The van der Waals surface area contributed by atoms with Crippen LogP contribution in [0.4, 0.5) is 5.82 Å². The largest absolute Gasteiger partial charge is 0.390 e. The number of aliphatic hydroxyl groups excluding tert-OH is 2. The fraction of sp³-hybridized carbons (Fsp3) is 0.594. The molecule has 0 aliphatic heterocycles. The van der Waals surface area contributed by atoms with Gasteiger partial charge in [-0.15, -0.1) is 0 Å². The molecule has 3 heterocycles. The summed E-state index contributed by atoms with van der Waals surface area (Å²) in [6, 6.07) is 8.59. The number of fused-ring (bicyclic) bond motifs is 2. The Labute approximate surface area is 242 Å². The molecular weight excluding hydrogens is 514 g/mol. The third-order valence-electron chi connectivity index (χ3n) is 9.57. The summed E-state index contributed by atoms with van der Waals surface area (Å²) in [6.45, 7) is 13.0. The van der Waals surface area contributed by atoms with E-state index in [1.54, 1.807) is 0 Å². The summed E-state index contributed by atoms with van der Waals surface area (Å²) in [6.07, 6.45) is 5.80. The molecule has 1 aromatic carbocycles. The number of nitrogen functional groups attached to an aromatic ring is 1. The van der Waals surface area contributed by atoms with Crippen LogP contribution in [0.3, 0.4) is 0 Å². The van der Waals surface area contributed by atoms with E-state index < -0.39 is 12.2 Å². The number of benzene rings is 1. The van der Waals surface area contributed by atoms with Gasteiger partial charge in [0.15, 0.2) is 0 Å². The molecule has 4 atom stereocenters. The topological polar surface area (TPSA) is 129 Å². The molecule has 2 fully saturated rings. The van der Waals surface area contributed by atoms with E-state index in [1.807, 2.05) is 16.8 Å². The number of aliphatic hydroxyl groups is 2. The first-order chi connectivity index (χ1) is 19.5. The first kappa shape index (κ1) is 28.1. The van der Waals surface area contributed by atoms with Crippen molar-refractivity contribution in [3.8, 4) is 0 Å². The minimum absolute atomic E-state index is 0.0153. The Hall–Kier alpha value is -3.01. The third-order valence-corrected chi connectivity index (χ3v) is 9.57. The van der Waals surface area contributed by atoms with Gasteiger partial charge in [0.1, 0.15) is 29.7 Å². The summed E-state index contributed by atoms with van der Waals surface area (Å²) in [5.41, 5.74) is 10.4. The maximum absolute atomic E-state index is 11.1. The van der Waals surface area contributed by atoms with Crippen LogP contribution >= 0.6 is 0 Å². The van der Waals surface area contributed by atoms with Gasteiger partial charge in [-0.25, -0.2) is 15.0 Å². The Morgan fingerprint density at radius 1 is 1.05 bits per heavy atom. The van der Waals surface area contributed by atoms with E-state index in [2.05, 4.69) is 72.7 Å². The number of hydrogen-bond donors (Lipinski definition) is 4. The van der Waals surface area contributed by atoms with Gasteiger partial charge in [-0.3, -0.25) is 0 Å². The van der Waals surface area contributed by atoms with Crippen molar-refractivity contribution >= 4 is 27.9 Å². The smallest absolute Gasteiger partial charge is 0.145 e. The lowest BCUT2D eigenvalue weighted by molar-refractivity contribution is -0.00532. The van der Waals surface area contributed by atoms with Gasteiger partial charge in [0.2, 0.25) is 0 Å². The Bertz CT molecular complexity index is 1510. The summed E-state index contributed by atoms with van der Waals surface area (Å²) in [5.74, 6) is 2.80. The fourth-order valence-electron chi connectivity index (χ4n) is 7.03. The second-order valence-electron chi connectivity index (χ2n) is 13.9. The van der Waals surface area contributed by atoms with E-state index in [4.69, 9.17) is 10.7 Å². The second-order valence-corrected chi connectivity index (χ2v) is 13.9. The molecule has 1 unspecified atom stereocenters. The lowest BCUT2D eigenvalue weighted by atomic mass is 9.72. The number of H-pyrrole nitrogens is 1. The van der Waals surface area contributed by atoms with Crippen molar-refractivity contribution in [1.82, 2.24) is 29.4 Å². The van der Waals surface area contributed by atoms with E-state index in [0.717, 1.165) is 41.8 Å². The van der Waals surface area contributed by atoms with Crippen molar-refractivity contribution in [2.45, 2.75) is 90.0 Å². The summed E-state index contributed by atoms with van der Waals surface area (Å²) in [5, 5.41) is 22.9. The summed E-state index contributed by atoms with van der Waals surface area (Å²) < 4.78 is 1.96. The molecule has 41 heavy (non-hydrogen) atoms.